The van der Waals surface area contributed by atoms with Crippen molar-refractivity contribution in [3.63, 3.8) is 0 Å². The van der Waals surface area contributed by atoms with E-state index in [2.05, 4.69) is 12.2 Å². The average Bonchev–Trinajstić information content (AvgIpc) is 3.03. The van der Waals surface area contributed by atoms with E-state index in [0.29, 0.717) is 6.04 Å². The van der Waals surface area contributed by atoms with Gasteiger partial charge < -0.3 is 5.32 Å². The molecule has 2 fully saturated rings. The van der Waals surface area contributed by atoms with Gasteiger partial charge in [0.1, 0.15) is 5.82 Å². The number of halogens is 1. The van der Waals surface area contributed by atoms with Gasteiger partial charge in [-0.15, -0.1) is 0 Å². The van der Waals surface area contributed by atoms with E-state index in [1.54, 1.807) is 12.1 Å². The predicted molar refractivity (Wildman–Crippen MR) is 81.1 cm³/mol. The summed E-state index contributed by atoms with van der Waals surface area (Å²) in [4.78, 5) is 0. The van der Waals surface area contributed by atoms with Crippen molar-refractivity contribution in [2.24, 2.45) is 17.8 Å². The molecular weight excluding hydrogens is 249 g/mol. The van der Waals surface area contributed by atoms with Crippen LogP contribution >= 0.6 is 0 Å². The van der Waals surface area contributed by atoms with Crippen LogP contribution in [0.15, 0.2) is 18.2 Å². The summed E-state index contributed by atoms with van der Waals surface area (Å²) in [6, 6.07) is 5.73. The third-order valence-corrected chi connectivity index (χ3v) is 5.40. The van der Waals surface area contributed by atoms with E-state index in [1.165, 1.54) is 31.2 Å². The van der Waals surface area contributed by atoms with Crippen molar-refractivity contribution in [1.82, 2.24) is 5.32 Å². The number of hydrogen-bond acceptors (Lipinski definition) is 1. The van der Waals surface area contributed by atoms with Crippen LogP contribution in [0.2, 0.25) is 0 Å². The van der Waals surface area contributed by atoms with Crippen molar-refractivity contribution in [1.29, 1.82) is 0 Å². The Morgan fingerprint density at radius 3 is 2.75 bits per heavy atom. The molecule has 1 aromatic carbocycles. The zero-order chi connectivity index (χ0) is 14.1. The van der Waals surface area contributed by atoms with Crippen LogP contribution < -0.4 is 5.32 Å². The monoisotopic (exact) mass is 275 g/mol. The number of rotatable bonds is 5. The van der Waals surface area contributed by atoms with E-state index in [0.717, 1.165) is 36.3 Å². The highest BCUT2D eigenvalue weighted by atomic mass is 19.1. The standard InChI is InChI=1S/C18H26FN/c1-3-8-20-18(16-7-6-15(19)9-12(16)2)17-11-13-4-5-14(17)10-13/h6-7,9,13-14,17-18,20H,3-5,8,10-11H2,1-2H3. The maximum absolute atomic E-state index is 13.4. The highest BCUT2D eigenvalue weighted by molar-refractivity contribution is 5.30. The third-order valence-electron chi connectivity index (χ3n) is 5.40. The fraction of sp³-hybridized carbons (Fsp3) is 0.667. The Morgan fingerprint density at radius 2 is 2.15 bits per heavy atom. The van der Waals surface area contributed by atoms with Gasteiger partial charge in [-0.3, -0.25) is 0 Å². The van der Waals surface area contributed by atoms with Crippen LogP contribution in [-0.4, -0.2) is 6.54 Å². The van der Waals surface area contributed by atoms with Gasteiger partial charge in [-0.25, -0.2) is 4.39 Å². The Morgan fingerprint density at radius 1 is 1.30 bits per heavy atom. The molecule has 1 nitrogen and oxygen atoms in total. The molecule has 1 aromatic rings. The second-order valence-electron chi connectivity index (χ2n) is 6.77. The molecule has 0 radical (unpaired) electrons. The lowest BCUT2D eigenvalue weighted by Crippen LogP contribution is -2.32. The number of aryl methyl sites for hydroxylation is 1. The quantitative estimate of drug-likeness (QED) is 0.827. The molecular formula is C18H26FN. The first-order valence-electron chi connectivity index (χ1n) is 8.18. The van der Waals surface area contributed by atoms with Gasteiger partial charge in [-0.05, 0) is 80.2 Å². The van der Waals surface area contributed by atoms with Gasteiger partial charge >= 0.3 is 0 Å². The molecule has 4 unspecified atom stereocenters. The van der Waals surface area contributed by atoms with Crippen LogP contribution in [0.3, 0.4) is 0 Å². The second-order valence-corrected chi connectivity index (χ2v) is 6.77. The van der Waals surface area contributed by atoms with E-state index in [-0.39, 0.29) is 5.82 Å². The van der Waals surface area contributed by atoms with Crippen LogP contribution in [0.1, 0.15) is 56.2 Å². The van der Waals surface area contributed by atoms with Crippen LogP contribution in [0, 0.1) is 30.5 Å². The van der Waals surface area contributed by atoms with E-state index < -0.39 is 0 Å². The number of nitrogens with one attached hydrogen (secondary N) is 1. The minimum atomic E-state index is -0.117. The van der Waals surface area contributed by atoms with E-state index in [1.807, 2.05) is 13.0 Å². The molecule has 110 valence electrons. The molecule has 2 aliphatic rings. The Labute approximate surface area is 122 Å². The number of fused-ring (bicyclic) bond motifs is 2. The van der Waals surface area contributed by atoms with E-state index in [4.69, 9.17) is 0 Å². The lowest BCUT2D eigenvalue weighted by molar-refractivity contribution is 0.250. The molecule has 20 heavy (non-hydrogen) atoms. The van der Waals surface area contributed by atoms with E-state index >= 15 is 0 Å². The van der Waals surface area contributed by atoms with Crippen LogP contribution in [0.4, 0.5) is 4.39 Å². The average molecular weight is 275 g/mol. The smallest absolute Gasteiger partial charge is 0.123 e. The SMILES string of the molecule is CCCNC(c1ccc(F)cc1C)C1CC2CCC1C2. The summed E-state index contributed by atoms with van der Waals surface area (Å²) in [6.07, 6.45) is 6.78. The summed E-state index contributed by atoms with van der Waals surface area (Å²) in [5, 5.41) is 3.75. The molecule has 2 saturated carbocycles. The van der Waals surface area contributed by atoms with Gasteiger partial charge in [0.25, 0.3) is 0 Å². The first kappa shape index (κ1) is 14.1. The Kier molecular flexibility index (Phi) is 4.11. The Balaban J connectivity index is 1.85. The molecule has 2 heteroatoms. The van der Waals surface area contributed by atoms with Crippen molar-refractivity contribution < 1.29 is 4.39 Å². The second kappa shape index (κ2) is 5.85. The fourth-order valence-electron chi connectivity index (χ4n) is 4.48. The van der Waals surface area contributed by atoms with Crippen molar-refractivity contribution in [2.45, 2.75) is 52.0 Å². The molecule has 3 rings (SSSR count). The minimum absolute atomic E-state index is 0.117. The zero-order valence-electron chi connectivity index (χ0n) is 12.7. The van der Waals surface area contributed by atoms with Crippen molar-refractivity contribution >= 4 is 0 Å². The van der Waals surface area contributed by atoms with Crippen LogP contribution in [-0.2, 0) is 0 Å². The summed E-state index contributed by atoms with van der Waals surface area (Å²) >= 11 is 0. The number of benzene rings is 1. The molecule has 2 bridgehead atoms. The Hall–Kier alpha value is -0.890. The third kappa shape index (κ3) is 2.63. The van der Waals surface area contributed by atoms with Crippen LogP contribution in [0.5, 0.6) is 0 Å². The Bertz CT molecular complexity index is 470. The molecule has 0 aromatic heterocycles. The summed E-state index contributed by atoms with van der Waals surface area (Å²) < 4.78 is 13.4. The molecule has 0 amide bonds. The summed E-state index contributed by atoms with van der Waals surface area (Å²) in [5.41, 5.74) is 2.42. The molecule has 0 saturated heterocycles. The number of hydrogen-bond donors (Lipinski definition) is 1. The lowest BCUT2D eigenvalue weighted by atomic mass is 9.79. The summed E-state index contributed by atoms with van der Waals surface area (Å²) in [7, 11) is 0. The van der Waals surface area contributed by atoms with Crippen molar-refractivity contribution in [3.05, 3.63) is 35.1 Å². The fourth-order valence-corrected chi connectivity index (χ4v) is 4.48. The normalized spacial score (nSPS) is 29.9. The zero-order valence-corrected chi connectivity index (χ0v) is 12.7. The minimum Gasteiger partial charge on any atom is -0.310 e. The highest BCUT2D eigenvalue weighted by Crippen LogP contribution is 2.52. The van der Waals surface area contributed by atoms with Crippen molar-refractivity contribution in [3.8, 4) is 0 Å². The largest absolute Gasteiger partial charge is 0.310 e. The summed E-state index contributed by atoms with van der Waals surface area (Å²) in [6.45, 7) is 5.31. The van der Waals surface area contributed by atoms with Gasteiger partial charge in [0, 0.05) is 6.04 Å². The van der Waals surface area contributed by atoms with Gasteiger partial charge in [0.15, 0.2) is 0 Å². The highest BCUT2D eigenvalue weighted by Gasteiger charge is 2.43. The maximum Gasteiger partial charge on any atom is 0.123 e. The molecule has 0 heterocycles. The maximum atomic E-state index is 13.4. The van der Waals surface area contributed by atoms with Gasteiger partial charge in [0.2, 0.25) is 0 Å². The lowest BCUT2D eigenvalue weighted by Gasteiger charge is -2.32. The molecule has 1 N–H and O–H groups in total. The van der Waals surface area contributed by atoms with Crippen LogP contribution in [0.25, 0.3) is 0 Å². The first-order valence-corrected chi connectivity index (χ1v) is 8.18. The van der Waals surface area contributed by atoms with Gasteiger partial charge in [0.05, 0.1) is 0 Å². The van der Waals surface area contributed by atoms with Gasteiger partial charge in [-0.2, -0.15) is 0 Å². The predicted octanol–water partition coefficient (Wildman–Crippen LogP) is 4.61. The van der Waals surface area contributed by atoms with E-state index in [9.17, 15) is 4.39 Å². The first-order chi connectivity index (χ1) is 9.69. The van der Waals surface area contributed by atoms with Crippen molar-refractivity contribution in [2.75, 3.05) is 6.54 Å². The summed E-state index contributed by atoms with van der Waals surface area (Å²) in [5.74, 6) is 2.48. The molecule has 2 aliphatic carbocycles. The molecule has 0 spiro atoms. The van der Waals surface area contributed by atoms with Gasteiger partial charge in [-0.1, -0.05) is 19.4 Å². The molecule has 0 aliphatic heterocycles. The topological polar surface area (TPSA) is 12.0 Å². The molecule has 4 atom stereocenters.